The summed E-state index contributed by atoms with van der Waals surface area (Å²) in [5.74, 6) is 0.756. The number of aromatic amines is 1. The fourth-order valence-corrected chi connectivity index (χ4v) is 2.42. The SMILES string of the molecule is CC1(CNc2cc3n[nH]c(=O)n3cn2)CCNCC1. The summed E-state index contributed by atoms with van der Waals surface area (Å²) in [5, 5.41) is 13.0. The number of aromatic nitrogens is 4. The minimum Gasteiger partial charge on any atom is -0.369 e. The van der Waals surface area contributed by atoms with Crippen LogP contribution in [0.15, 0.2) is 17.2 Å². The molecule has 0 radical (unpaired) electrons. The first-order valence-electron chi connectivity index (χ1n) is 6.54. The third-order valence-corrected chi connectivity index (χ3v) is 3.82. The second kappa shape index (κ2) is 4.65. The molecule has 3 heterocycles. The zero-order valence-corrected chi connectivity index (χ0v) is 10.9. The normalized spacial score (nSPS) is 18.6. The van der Waals surface area contributed by atoms with Gasteiger partial charge in [-0.05, 0) is 31.3 Å². The van der Waals surface area contributed by atoms with Gasteiger partial charge >= 0.3 is 5.69 Å². The summed E-state index contributed by atoms with van der Waals surface area (Å²) in [7, 11) is 0. The highest BCUT2D eigenvalue weighted by molar-refractivity contribution is 5.48. The summed E-state index contributed by atoms with van der Waals surface area (Å²) in [6, 6.07) is 1.78. The number of anilines is 1. The van der Waals surface area contributed by atoms with Gasteiger partial charge in [0.1, 0.15) is 12.1 Å². The van der Waals surface area contributed by atoms with Gasteiger partial charge in [-0.25, -0.2) is 19.3 Å². The average Bonchev–Trinajstić information content (AvgIpc) is 2.79. The highest BCUT2D eigenvalue weighted by Crippen LogP contribution is 2.27. The van der Waals surface area contributed by atoms with Gasteiger partial charge in [0.15, 0.2) is 5.65 Å². The van der Waals surface area contributed by atoms with Gasteiger partial charge in [-0.15, -0.1) is 0 Å². The lowest BCUT2D eigenvalue weighted by atomic mass is 9.81. The molecule has 7 nitrogen and oxygen atoms in total. The Balaban J connectivity index is 1.72. The lowest BCUT2D eigenvalue weighted by Crippen LogP contribution is -2.39. The number of H-pyrrole nitrogens is 1. The Labute approximate surface area is 110 Å². The maximum atomic E-state index is 11.3. The molecular weight excluding hydrogens is 244 g/mol. The van der Waals surface area contributed by atoms with Crippen molar-refractivity contribution in [1.29, 1.82) is 0 Å². The predicted molar refractivity (Wildman–Crippen MR) is 72.3 cm³/mol. The fourth-order valence-electron chi connectivity index (χ4n) is 2.42. The Morgan fingerprint density at radius 3 is 3.05 bits per heavy atom. The molecule has 0 unspecified atom stereocenters. The first-order valence-corrected chi connectivity index (χ1v) is 6.54. The Kier molecular flexibility index (Phi) is 2.98. The Bertz CT molecular complexity index is 624. The minimum absolute atomic E-state index is 0.264. The number of nitrogens with zero attached hydrogens (tertiary/aromatic N) is 3. The van der Waals surface area contributed by atoms with Crippen molar-refractivity contribution in [2.24, 2.45) is 5.41 Å². The van der Waals surface area contributed by atoms with Crippen LogP contribution in [-0.4, -0.2) is 39.2 Å². The molecule has 7 heteroatoms. The lowest BCUT2D eigenvalue weighted by Gasteiger charge is -2.34. The molecule has 0 atom stereocenters. The number of nitrogens with one attached hydrogen (secondary N) is 3. The topological polar surface area (TPSA) is 87.1 Å². The molecule has 0 aliphatic carbocycles. The fraction of sp³-hybridized carbons (Fsp3) is 0.583. The van der Waals surface area contributed by atoms with E-state index in [-0.39, 0.29) is 5.69 Å². The monoisotopic (exact) mass is 262 g/mol. The molecule has 1 aliphatic heterocycles. The summed E-state index contributed by atoms with van der Waals surface area (Å²) >= 11 is 0. The van der Waals surface area contributed by atoms with Crippen LogP contribution in [0.1, 0.15) is 19.8 Å². The van der Waals surface area contributed by atoms with Crippen molar-refractivity contribution in [3.05, 3.63) is 22.9 Å². The zero-order valence-electron chi connectivity index (χ0n) is 10.9. The van der Waals surface area contributed by atoms with E-state index < -0.39 is 0 Å². The van der Waals surface area contributed by atoms with E-state index in [1.807, 2.05) is 0 Å². The van der Waals surface area contributed by atoms with Gasteiger partial charge in [-0.2, -0.15) is 5.10 Å². The van der Waals surface area contributed by atoms with E-state index in [0.717, 1.165) is 38.3 Å². The molecule has 0 saturated carbocycles. The third-order valence-electron chi connectivity index (χ3n) is 3.82. The Morgan fingerprint density at radius 2 is 2.26 bits per heavy atom. The van der Waals surface area contributed by atoms with E-state index >= 15 is 0 Å². The van der Waals surface area contributed by atoms with Gasteiger partial charge in [-0.3, -0.25) is 0 Å². The van der Waals surface area contributed by atoms with Gasteiger partial charge in [-0.1, -0.05) is 6.92 Å². The number of hydrogen-bond acceptors (Lipinski definition) is 5. The summed E-state index contributed by atoms with van der Waals surface area (Å²) in [6.45, 7) is 5.31. The van der Waals surface area contributed by atoms with Gasteiger partial charge in [0.2, 0.25) is 0 Å². The summed E-state index contributed by atoms with van der Waals surface area (Å²) < 4.78 is 1.39. The van der Waals surface area contributed by atoms with Gasteiger partial charge in [0.05, 0.1) is 0 Å². The predicted octanol–water partition coefficient (Wildman–Crippen LogP) is 0.219. The Morgan fingerprint density at radius 1 is 1.47 bits per heavy atom. The molecule has 0 bridgehead atoms. The molecule has 102 valence electrons. The second-order valence-electron chi connectivity index (χ2n) is 5.45. The van der Waals surface area contributed by atoms with Crippen LogP contribution in [0.5, 0.6) is 0 Å². The van der Waals surface area contributed by atoms with Crippen molar-refractivity contribution in [3.63, 3.8) is 0 Å². The first kappa shape index (κ1) is 12.2. The molecule has 1 fully saturated rings. The largest absolute Gasteiger partial charge is 0.369 e. The van der Waals surface area contributed by atoms with Crippen LogP contribution in [0, 0.1) is 5.41 Å². The number of rotatable bonds is 3. The molecule has 2 aromatic heterocycles. The number of hydrogen-bond donors (Lipinski definition) is 3. The highest BCUT2D eigenvalue weighted by atomic mass is 16.1. The van der Waals surface area contributed by atoms with Crippen molar-refractivity contribution in [2.75, 3.05) is 25.0 Å². The Hall–Kier alpha value is -1.89. The lowest BCUT2D eigenvalue weighted by molar-refractivity contribution is 0.247. The van der Waals surface area contributed by atoms with Gasteiger partial charge in [0, 0.05) is 12.6 Å². The summed E-state index contributed by atoms with van der Waals surface area (Å²) in [4.78, 5) is 15.6. The molecule has 3 rings (SSSR count). The second-order valence-corrected chi connectivity index (χ2v) is 5.45. The van der Waals surface area contributed by atoms with Gasteiger partial charge in [0.25, 0.3) is 0 Å². The van der Waals surface area contributed by atoms with Crippen molar-refractivity contribution < 1.29 is 0 Å². The molecule has 0 aromatic carbocycles. The summed E-state index contributed by atoms with van der Waals surface area (Å²) in [6.07, 6.45) is 3.81. The van der Waals surface area contributed by atoms with Crippen molar-refractivity contribution in [3.8, 4) is 0 Å². The summed E-state index contributed by atoms with van der Waals surface area (Å²) in [5.41, 5.74) is 0.613. The standard InChI is InChI=1S/C12H18N6O/c1-12(2-4-13-5-3-12)7-14-9-6-10-16-17-11(19)18(10)8-15-9/h6,8,13-14H,2-5,7H2,1H3,(H,17,19). The third kappa shape index (κ3) is 2.46. The molecule has 2 aromatic rings. The quantitative estimate of drug-likeness (QED) is 0.736. The van der Waals surface area contributed by atoms with E-state index in [2.05, 4.69) is 32.7 Å². The van der Waals surface area contributed by atoms with Crippen LogP contribution in [0.25, 0.3) is 5.65 Å². The van der Waals surface area contributed by atoms with Crippen LogP contribution in [0.2, 0.25) is 0 Å². The molecule has 19 heavy (non-hydrogen) atoms. The molecule has 0 amide bonds. The van der Waals surface area contributed by atoms with E-state index in [1.54, 1.807) is 6.07 Å². The van der Waals surface area contributed by atoms with Crippen LogP contribution in [0.3, 0.4) is 0 Å². The zero-order chi connectivity index (χ0) is 13.3. The molecular formula is C12H18N6O. The van der Waals surface area contributed by atoms with Crippen LogP contribution < -0.4 is 16.3 Å². The average molecular weight is 262 g/mol. The van der Waals surface area contributed by atoms with Crippen molar-refractivity contribution in [2.45, 2.75) is 19.8 Å². The van der Waals surface area contributed by atoms with Crippen LogP contribution in [-0.2, 0) is 0 Å². The minimum atomic E-state index is -0.264. The maximum Gasteiger partial charge on any atom is 0.348 e. The van der Waals surface area contributed by atoms with Crippen LogP contribution in [0.4, 0.5) is 5.82 Å². The van der Waals surface area contributed by atoms with Crippen LogP contribution >= 0.6 is 0 Å². The van der Waals surface area contributed by atoms with E-state index in [4.69, 9.17) is 0 Å². The van der Waals surface area contributed by atoms with Gasteiger partial charge < -0.3 is 10.6 Å². The van der Waals surface area contributed by atoms with Crippen molar-refractivity contribution in [1.82, 2.24) is 24.9 Å². The number of piperidine rings is 1. The molecule has 0 spiro atoms. The van der Waals surface area contributed by atoms with Crippen molar-refractivity contribution >= 4 is 11.5 Å². The van der Waals surface area contributed by atoms with E-state index in [0.29, 0.717) is 11.1 Å². The first-order chi connectivity index (χ1) is 9.16. The molecule has 1 aliphatic rings. The number of fused-ring (bicyclic) bond motifs is 1. The molecule has 3 N–H and O–H groups in total. The van der Waals surface area contributed by atoms with E-state index in [9.17, 15) is 4.79 Å². The highest BCUT2D eigenvalue weighted by Gasteiger charge is 2.26. The van der Waals surface area contributed by atoms with E-state index in [1.165, 1.54) is 10.7 Å². The molecule has 1 saturated heterocycles. The smallest absolute Gasteiger partial charge is 0.348 e. The maximum absolute atomic E-state index is 11.3.